The van der Waals surface area contributed by atoms with Gasteiger partial charge in [0.05, 0.1) is 21.7 Å². The molecule has 0 bridgehead atoms. The van der Waals surface area contributed by atoms with E-state index in [0.717, 1.165) is 6.26 Å². The molecule has 0 atom stereocenters. The van der Waals surface area contributed by atoms with E-state index in [1.165, 1.54) is 18.2 Å². The standard InChI is InChI=1S/C17H16BrF3N4O4S2/c1-3-29-11(26)8-23-13(12(18)14(22)17(19,20)21)16-24-15(25-30-16)9-5-4-6-10(7-9)31(2,27)28/h4-7,22-23H,3,8H2,1-2H3/b13-12+,22-14?. The number of rotatable bonds is 8. The first-order valence-electron chi connectivity index (χ1n) is 8.44. The van der Waals surface area contributed by atoms with Gasteiger partial charge in [-0.2, -0.15) is 17.5 Å². The number of aromatic nitrogens is 2. The Hall–Kier alpha value is -2.32. The number of nitrogens with zero attached hydrogens (tertiary/aromatic N) is 2. The van der Waals surface area contributed by atoms with Gasteiger partial charge in [0.2, 0.25) is 0 Å². The van der Waals surface area contributed by atoms with Crippen molar-refractivity contribution in [3.8, 4) is 11.4 Å². The Kier molecular flexibility index (Phi) is 7.94. The number of nitrogens with one attached hydrogen (secondary N) is 2. The summed E-state index contributed by atoms with van der Waals surface area (Å²) in [5.41, 5.74) is -1.63. The van der Waals surface area contributed by atoms with Gasteiger partial charge in [-0.05, 0) is 46.5 Å². The highest BCUT2D eigenvalue weighted by Gasteiger charge is 2.38. The molecule has 1 aromatic heterocycles. The van der Waals surface area contributed by atoms with Gasteiger partial charge in [-0.15, -0.1) is 0 Å². The van der Waals surface area contributed by atoms with Crippen LogP contribution >= 0.6 is 27.5 Å². The summed E-state index contributed by atoms with van der Waals surface area (Å²) in [7, 11) is -3.49. The number of alkyl halides is 3. The van der Waals surface area contributed by atoms with Crippen molar-refractivity contribution in [1.29, 1.82) is 5.41 Å². The monoisotopic (exact) mass is 540 g/mol. The molecule has 2 N–H and O–H groups in total. The molecule has 0 aliphatic carbocycles. The fourth-order valence-corrected chi connectivity index (χ4v) is 4.24. The molecule has 0 saturated carbocycles. The minimum atomic E-state index is -4.95. The summed E-state index contributed by atoms with van der Waals surface area (Å²) in [4.78, 5) is 15.8. The summed E-state index contributed by atoms with van der Waals surface area (Å²) < 4.78 is 70.7. The quantitative estimate of drug-likeness (QED) is 0.388. The maximum atomic E-state index is 13.0. The van der Waals surface area contributed by atoms with Gasteiger partial charge < -0.3 is 10.1 Å². The van der Waals surface area contributed by atoms with Crippen LogP contribution in [0.15, 0.2) is 33.6 Å². The lowest BCUT2D eigenvalue weighted by Gasteiger charge is -2.13. The Bertz CT molecular complexity index is 1130. The van der Waals surface area contributed by atoms with Crippen molar-refractivity contribution in [3.05, 3.63) is 33.8 Å². The van der Waals surface area contributed by atoms with Crippen molar-refractivity contribution in [3.63, 3.8) is 0 Å². The topological polar surface area (TPSA) is 122 Å². The van der Waals surface area contributed by atoms with Gasteiger partial charge in [-0.3, -0.25) is 10.2 Å². The molecule has 0 spiro atoms. The zero-order valence-electron chi connectivity index (χ0n) is 16.1. The molecule has 0 saturated heterocycles. The Morgan fingerprint density at radius 2 is 2.03 bits per heavy atom. The molecule has 8 nitrogen and oxygen atoms in total. The average molecular weight is 541 g/mol. The molecular formula is C17H16BrF3N4O4S2. The van der Waals surface area contributed by atoms with Crippen molar-refractivity contribution in [2.24, 2.45) is 0 Å². The molecule has 1 aromatic carbocycles. The van der Waals surface area contributed by atoms with Gasteiger partial charge >= 0.3 is 12.1 Å². The molecule has 2 aromatic rings. The van der Waals surface area contributed by atoms with Gasteiger partial charge in [0, 0.05) is 11.8 Å². The van der Waals surface area contributed by atoms with E-state index in [-0.39, 0.29) is 28.0 Å². The van der Waals surface area contributed by atoms with Gasteiger partial charge in [-0.25, -0.2) is 13.4 Å². The van der Waals surface area contributed by atoms with E-state index in [2.05, 4.69) is 30.6 Å². The number of carbonyl (C=O) groups is 1. The van der Waals surface area contributed by atoms with E-state index >= 15 is 0 Å². The van der Waals surface area contributed by atoms with Crippen LogP contribution in [0.25, 0.3) is 17.1 Å². The third-order valence-electron chi connectivity index (χ3n) is 3.60. The van der Waals surface area contributed by atoms with E-state index in [9.17, 15) is 26.4 Å². The van der Waals surface area contributed by atoms with Crippen molar-refractivity contribution < 1.29 is 31.1 Å². The largest absolute Gasteiger partial charge is 0.465 e. The number of ether oxygens (including phenoxy) is 1. The van der Waals surface area contributed by atoms with Crippen LogP contribution in [0.3, 0.4) is 0 Å². The third kappa shape index (κ3) is 6.58. The van der Waals surface area contributed by atoms with Gasteiger partial charge in [-0.1, -0.05) is 12.1 Å². The number of allylic oxidation sites excluding steroid dienone is 1. The lowest BCUT2D eigenvalue weighted by Crippen LogP contribution is -2.28. The van der Waals surface area contributed by atoms with Crippen LogP contribution in [0, 0.1) is 5.41 Å². The molecule has 31 heavy (non-hydrogen) atoms. The fraction of sp³-hybridized carbons (Fsp3) is 0.294. The molecule has 1 heterocycles. The van der Waals surface area contributed by atoms with Crippen LogP contribution in [-0.4, -0.2) is 55.0 Å². The molecule has 0 amide bonds. The number of hydrogen-bond donors (Lipinski definition) is 2. The Morgan fingerprint density at radius 1 is 1.35 bits per heavy atom. The zero-order chi connectivity index (χ0) is 23.4. The minimum absolute atomic E-state index is 0.0255. The first-order valence-corrected chi connectivity index (χ1v) is 11.9. The highest BCUT2D eigenvalue weighted by molar-refractivity contribution is 9.12. The molecule has 0 unspecified atom stereocenters. The molecule has 14 heteroatoms. The van der Waals surface area contributed by atoms with Crippen molar-refractivity contribution in [2.75, 3.05) is 19.4 Å². The SMILES string of the molecule is CCOC(=O)CN/C(=C(/Br)C(=N)C(F)(F)F)c1nc(-c2cccc(S(C)(=O)=O)c2)ns1. The highest BCUT2D eigenvalue weighted by atomic mass is 79.9. The predicted octanol–water partition coefficient (Wildman–Crippen LogP) is 3.41. The number of benzene rings is 1. The second-order valence-electron chi connectivity index (χ2n) is 5.94. The smallest absolute Gasteiger partial charge is 0.433 e. The van der Waals surface area contributed by atoms with Crippen LogP contribution in [0.5, 0.6) is 0 Å². The first-order chi connectivity index (χ1) is 14.3. The van der Waals surface area contributed by atoms with Crippen molar-refractivity contribution in [2.45, 2.75) is 18.0 Å². The van der Waals surface area contributed by atoms with Crippen molar-refractivity contribution >= 4 is 54.7 Å². The van der Waals surface area contributed by atoms with E-state index in [1.54, 1.807) is 13.0 Å². The third-order valence-corrected chi connectivity index (χ3v) is 6.23. The summed E-state index contributed by atoms with van der Waals surface area (Å²) in [5.74, 6) is -0.649. The molecular weight excluding hydrogens is 525 g/mol. The van der Waals surface area contributed by atoms with Crippen LogP contribution < -0.4 is 5.32 Å². The highest BCUT2D eigenvalue weighted by Crippen LogP contribution is 2.31. The van der Waals surface area contributed by atoms with E-state index in [0.29, 0.717) is 17.1 Å². The average Bonchev–Trinajstić information content (AvgIpc) is 3.16. The number of halogens is 4. The summed E-state index contributed by atoms with van der Waals surface area (Å²) in [6.45, 7) is 1.19. The summed E-state index contributed by atoms with van der Waals surface area (Å²) in [6.07, 6.45) is -3.92. The number of carbonyl (C=O) groups excluding carboxylic acids is 1. The second-order valence-corrected chi connectivity index (χ2v) is 9.50. The van der Waals surface area contributed by atoms with E-state index < -0.39 is 38.7 Å². The predicted molar refractivity (Wildman–Crippen MR) is 113 cm³/mol. The van der Waals surface area contributed by atoms with Crippen molar-refractivity contribution in [1.82, 2.24) is 14.7 Å². The maximum absolute atomic E-state index is 13.0. The lowest BCUT2D eigenvalue weighted by molar-refractivity contribution is -0.141. The molecule has 0 fully saturated rings. The number of sulfone groups is 1. The van der Waals surface area contributed by atoms with Crippen LogP contribution in [-0.2, 0) is 19.4 Å². The summed E-state index contributed by atoms with van der Waals surface area (Å²) in [6, 6.07) is 5.75. The van der Waals surface area contributed by atoms with Gasteiger partial charge in [0.25, 0.3) is 0 Å². The van der Waals surface area contributed by atoms with E-state index in [4.69, 9.17) is 10.1 Å². The zero-order valence-corrected chi connectivity index (χ0v) is 19.3. The lowest BCUT2D eigenvalue weighted by atomic mass is 10.2. The van der Waals surface area contributed by atoms with Crippen LogP contribution in [0.1, 0.15) is 11.9 Å². The molecule has 0 aliphatic rings. The summed E-state index contributed by atoms with van der Waals surface area (Å²) in [5, 5.41) is 9.82. The van der Waals surface area contributed by atoms with E-state index in [1.807, 2.05) is 0 Å². The second kappa shape index (κ2) is 9.87. The van der Waals surface area contributed by atoms with Crippen LogP contribution in [0.2, 0.25) is 0 Å². The first kappa shape index (κ1) is 24.9. The molecule has 0 radical (unpaired) electrons. The molecule has 168 valence electrons. The summed E-state index contributed by atoms with van der Waals surface area (Å²) >= 11 is 3.46. The van der Waals surface area contributed by atoms with Gasteiger partial charge in [0.1, 0.15) is 6.54 Å². The Morgan fingerprint density at radius 3 is 2.61 bits per heavy atom. The Balaban J connectivity index is 2.48. The number of esters is 1. The molecule has 0 aliphatic heterocycles. The number of hydrogen-bond acceptors (Lipinski definition) is 9. The fourth-order valence-electron chi connectivity index (χ4n) is 2.18. The Labute approximate surface area is 188 Å². The van der Waals surface area contributed by atoms with Gasteiger partial charge in [0.15, 0.2) is 26.4 Å². The maximum Gasteiger partial charge on any atom is 0.433 e. The normalized spacial score (nSPS) is 12.8. The van der Waals surface area contributed by atoms with Crippen LogP contribution in [0.4, 0.5) is 13.2 Å². The molecule has 2 rings (SSSR count). The minimum Gasteiger partial charge on any atom is -0.465 e.